The lowest BCUT2D eigenvalue weighted by Crippen LogP contribution is -2.09. The van der Waals surface area contributed by atoms with Crippen LogP contribution in [0.3, 0.4) is 0 Å². The lowest BCUT2D eigenvalue weighted by Gasteiger charge is -2.07. The van der Waals surface area contributed by atoms with Gasteiger partial charge in [-0.15, -0.1) is 0 Å². The summed E-state index contributed by atoms with van der Waals surface area (Å²) < 4.78 is 5.56. The third-order valence-electron chi connectivity index (χ3n) is 3.01. The van der Waals surface area contributed by atoms with Gasteiger partial charge in [0.2, 0.25) is 5.91 Å². The van der Waals surface area contributed by atoms with Gasteiger partial charge in [-0.2, -0.15) is 0 Å². The van der Waals surface area contributed by atoms with Crippen LogP contribution in [0.1, 0.15) is 18.9 Å². The molecule has 0 aliphatic carbocycles. The Morgan fingerprint density at radius 3 is 2.32 bits per heavy atom. The molecule has 0 unspecified atom stereocenters. The van der Waals surface area contributed by atoms with E-state index in [2.05, 4.69) is 5.32 Å². The lowest BCUT2D eigenvalue weighted by molar-refractivity contribution is -0.384. The van der Waals surface area contributed by atoms with E-state index in [0.717, 1.165) is 11.3 Å². The van der Waals surface area contributed by atoms with Gasteiger partial charge in [0.05, 0.1) is 4.92 Å². The van der Waals surface area contributed by atoms with Gasteiger partial charge in [-0.3, -0.25) is 14.9 Å². The van der Waals surface area contributed by atoms with E-state index >= 15 is 0 Å². The Hall–Kier alpha value is -2.89. The number of rotatable bonds is 6. The van der Waals surface area contributed by atoms with Crippen molar-refractivity contribution in [3.63, 3.8) is 0 Å². The third-order valence-corrected chi connectivity index (χ3v) is 3.01. The zero-order valence-corrected chi connectivity index (χ0v) is 12.1. The highest BCUT2D eigenvalue weighted by Crippen LogP contribution is 2.19. The summed E-state index contributed by atoms with van der Waals surface area (Å²) in [6.07, 6.45) is 0.436. The molecule has 114 valence electrons. The lowest BCUT2D eigenvalue weighted by atomic mass is 10.2. The maximum atomic E-state index is 11.3. The van der Waals surface area contributed by atoms with Crippen LogP contribution in [0.25, 0.3) is 0 Å². The molecule has 0 radical (unpaired) electrons. The number of ether oxygens (including phenoxy) is 1. The minimum Gasteiger partial charge on any atom is -0.489 e. The third kappa shape index (κ3) is 4.31. The largest absolute Gasteiger partial charge is 0.489 e. The van der Waals surface area contributed by atoms with Crippen LogP contribution in [-0.2, 0) is 11.4 Å². The average molecular weight is 300 g/mol. The van der Waals surface area contributed by atoms with Crippen molar-refractivity contribution in [3.05, 3.63) is 64.2 Å². The van der Waals surface area contributed by atoms with Crippen LogP contribution < -0.4 is 10.1 Å². The Kier molecular flexibility index (Phi) is 5.08. The second-order valence-electron chi connectivity index (χ2n) is 4.64. The number of nitro groups is 1. The minimum atomic E-state index is -0.451. The van der Waals surface area contributed by atoms with E-state index in [4.69, 9.17) is 4.74 Å². The number of nitrogens with one attached hydrogen (secondary N) is 1. The molecular formula is C16H16N2O4. The number of hydrogen-bond acceptors (Lipinski definition) is 4. The van der Waals surface area contributed by atoms with E-state index in [1.54, 1.807) is 19.1 Å². The van der Waals surface area contributed by atoms with Gasteiger partial charge in [-0.25, -0.2) is 0 Å². The van der Waals surface area contributed by atoms with Crippen molar-refractivity contribution >= 4 is 17.3 Å². The van der Waals surface area contributed by atoms with E-state index < -0.39 is 4.92 Å². The molecule has 0 atom stereocenters. The standard InChI is InChI=1S/C16H16N2O4/c1-2-16(19)17-13-5-3-12(4-6-13)11-22-15-9-7-14(8-10-15)18(20)21/h3-10H,2,11H2,1H3,(H,17,19). The number of carbonyl (C=O) groups excluding carboxylic acids is 1. The monoisotopic (exact) mass is 300 g/mol. The normalized spacial score (nSPS) is 10.0. The summed E-state index contributed by atoms with van der Waals surface area (Å²) in [5.41, 5.74) is 1.71. The maximum Gasteiger partial charge on any atom is 0.269 e. The number of carbonyl (C=O) groups is 1. The van der Waals surface area contributed by atoms with Crippen LogP contribution in [0.4, 0.5) is 11.4 Å². The summed E-state index contributed by atoms with van der Waals surface area (Å²) in [5.74, 6) is 0.531. The first-order valence-corrected chi connectivity index (χ1v) is 6.84. The van der Waals surface area contributed by atoms with Crippen LogP contribution in [0.5, 0.6) is 5.75 Å². The van der Waals surface area contributed by atoms with Gasteiger partial charge >= 0.3 is 0 Å². The SMILES string of the molecule is CCC(=O)Nc1ccc(COc2ccc([N+](=O)[O-])cc2)cc1. The molecule has 0 saturated carbocycles. The summed E-state index contributed by atoms with van der Waals surface area (Å²) in [5, 5.41) is 13.3. The molecule has 1 N–H and O–H groups in total. The fourth-order valence-electron chi connectivity index (χ4n) is 1.76. The number of anilines is 1. The van der Waals surface area contributed by atoms with Gasteiger partial charge in [0.25, 0.3) is 5.69 Å². The number of nitrogens with zero attached hydrogens (tertiary/aromatic N) is 1. The van der Waals surface area contributed by atoms with Crippen LogP contribution in [0, 0.1) is 10.1 Å². The smallest absolute Gasteiger partial charge is 0.269 e. The van der Waals surface area contributed by atoms with Gasteiger partial charge in [0.15, 0.2) is 0 Å². The molecule has 22 heavy (non-hydrogen) atoms. The summed E-state index contributed by atoms with van der Waals surface area (Å²) in [7, 11) is 0. The van der Waals surface area contributed by atoms with Crippen molar-refractivity contribution in [1.82, 2.24) is 0 Å². The average Bonchev–Trinajstić information content (AvgIpc) is 2.54. The molecule has 0 aliphatic rings. The number of amides is 1. The summed E-state index contributed by atoms with van der Waals surface area (Å²) >= 11 is 0. The number of non-ortho nitro benzene ring substituents is 1. The van der Waals surface area contributed by atoms with Crippen LogP contribution in [0.15, 0.2) is 48.5 Å². The van der Waals surface area contributed by atoms with Crippen molar-refractivity contribution < 1.29 is 14.5 Å². The predicted molar refractivity (Wildman–Crippen MR) is 82.8 cm³/mol. The topological polar surface area (TPSA) is 81.5 Å². The molecule has 0 heterocycles. The number of nitro benzene ring substituents is 1. The van der Waals surface area contributed by atoms with Crippen molar-refractivity contribution in [2.75, 3.05) is 5.32 Å². The van der Waals surface area contributed by atoms with Gasteiger partial charge in [-0.05, 0) is 29.8 Å². The molecule has 6 nitrogen and oxygen atoms in total. The van der Waals surface area contributed by atoms with Gasteiger partial charge < -0.3 is 10.1 Å². The Morgan fingerprint density at radius 1 is 1.14 bits per heavy atom. The Balaban J connectivity index is 1.91. The predicted octanol–water partition coefficient (Wildman–Crippen LogP) is 3.52. The van der Waals surface area contributed by atoms with Crippen molar-refractivity contribution in [3.8, 4) is 5.75 Å². The zero-order valence-electron chi connectivity index (χ0n) is 12.1. The summed E-state index contributed by atoms with van der Waals surface area (Å²) in [6.45, 7) is 2.14. The van der Waals surface area contributed by atoms with Crippen molar-refractivity contribution in [2.45, 2.75) is 20.0 Å². The fraction of sp³-hybridized carbons (Fsp3) is 0.188. The quantitative estimate of drug-likeness (QED) is 0.653. The van der Waals surface area contributed by atoms with Crippen LogP contribution in [-0.4, -0.2) is 10.8 Å². The molecule has 0 fully saturated rings. The first kappa shape index (κ1) is 15.5. The van der Waals surface area contributed by atoms with Crippen molar-refractivity contribution in [1.29, 1.82) is 0 Å². The molecular weight excluding hydrogens is 284 g/mol. The maximum absolute atomic E-state index is 11.3. The van der Waals surface area contributed by atoms with E-state index in [1.165, 1.54) is 12.1 Å². The molecule has 2 aromatic rings. The van der Waals surface area contributed by atoms with Crippen LogP contribution >= 0.6 is 0 Å². The highest BCUT2D eigenvalue weighted by molar-refractivity contribution is 5.90. The molecule has 1 amide bonds. The van der Waals surface area contributed by atoms with E-state index in [9.17, 15) is 14.9 Å². The molecule has 2 aromatic carbocycles. The first-order chi connectivity index (χ1) is 10.6. The van der Waals surface area contributed by atoms with Crippen LogP contribution in [0.2, 0.25) is 0 Å². The zero-order chi connectivity index (χ0) is 15.9. The Morgan fingerprint density at radius 2 is 1.77 bits per heavy atom. The molecule has 0 saturated heterocycles. The highest BCUT2D eigenvalue weighted by atomic mass is 16.6. The molecule has 0 aromatic heterocycles. The number of benzene rings is 2. The number of hydrogen-bond donors (Lipinski definition) is 1. The molecule has 0 bridgehead atoms. The first-order valence-electron chi connectivity index (χ1n) is 6.84. The second-order valence-corrected chi connectivity index (χ2v) is 4.64. The fourth-order valence-corrected chi connectivity index (χ4v) is 1.76. The second kappa shape index (κ2) is 7.21. The van der Waals surface area contributed by atoms with Gasteiger partial charge in [-0.1, -0.05) is 19.1 Å². The molecule has 6 heteroatoms. The summed E-state index contributed by atoms with van der Waals surface area (Å²) in [6, 6.07) is 13.3. The van der Waals surface area contributed by atoms with E-state index in [0.29, 0.717) is 18.8 Å². The Labute approximate surface area is 127 Å². The van der Waals surface area contributed by atoms with E-state index in [-0.39, 0.29) is 11.6 Å². The molecule has 0 aliphatic heterocycles. The van der Waals surface area contributed by atoms with Crippen molar-refractivity contribution in [2.24, 2.45) is 0 Å². The Bertz CT molecular complexity index is 651. The molecule has 0 spiro atoms. The van der Waals surface area contributed by atoms with Gasteiger partial charge in [0.1, 0.15) is 12.4 Å². The minimum absolute atomic E-state index is 0.0309. The summed E-state index contributed by atoms with van der Waals surface area (Å²) in [4.78, 5) is 21.4. The highest BCUT2D eigenvalue weighted by Gasteiger charge is 2.04. The molecule has 2 rings (SSSR count). The van der Waals surface area contributed by atoms with E-state index in [1.807, 2.05) is 24.3 Å². The van der Waals surface area contributed by atoms with Gasteiger partial charge in [0, 0.05) is 24.2 Å².